The van der Waals surface area contributed by atoms with Gasteiger partial charge in [-0.3, -0.25) is 4.79 Å². The molecule has 1 aromatic heterocycles. The van der Waals surface area contributed by atoms with Crippen LogP contribution in [0.25, 0.3) is 0 Å². The molecule has 3 rings (SSSR count). The maximum absolute atomic E-state index is 12.7. The molecule has 0 fully saturated rings. The second-order valence-corrected chi connectivity index (χ2v) is 12.8. The van der Waals surface area contributed by atoms with Gasteiger partial charge in [0.2, 0.25) is 5.91 Å². The molecule has 1 aliphatic heterocycles. The van der Waals surface area contributed by atoms with Gasteiger partial charge in [0, 0.05) is 22.4 Å². The zero-order valence-corrected chi connectivity index (χ0v) is 21.6. The molecule has 0 bridgehead atoms. The number of nitrogens with one attached hydrogen (secondary N) is 2. The Hall–Kier alpha value is -2.23. The number of carbonyl (C=O) groups is 2. The van der Waals surface area contributed by atoms with Gasteiger partial charge in [-0.1, -0.05) is 17.7 Å². The van der Waals surface area contributed by atoms with Gasteiger partial charge in [0.25, 0.3) is 0 Å². The van der Waals surface area contributed by atoms with Gasteiger partial charge in [0.05, 0.1) is 23.3 Å². The molecule has 2 aromatic rings. The number of aryl methyl sites for hydroxylation is 1. The van der Waals surface area contributed by atoms with Crippen LogP contribution in [-0.4, -0.2) is 38.7 Å². The molecule has 0 atom stereocenters. The number of thiophene rings is 1. The van der Waals surface area contributed by atoms with E-state index in [1.54, 1.807) is 24.3 Å². The lowest BCUT2D eigenvalue weighted by molar-refractivity contribution is -0.116. The maximum atomic E-state index is 12.7. The highest BCUT2D eigenvalue weighted by molar-refractivity contribution is 7.91. The molecule has 180 valence electrons. The summed E-state index contributed by atoms with van der Waals surface area (Å²) in [7, 11) is -2.14. The molecular formula is C24H32N2O5S2. The van der Waals surface area contributed by atoms with E-state index in [4.69, 9.17) is 4.74 Å². The first-order chi connectivity index (χ1) is 15.3. The van der Waals surface area contributed by atoms with Crippen LogP contribution in [-0.2, 0) is 31.3 Å². The van der Waals surface area contributed by atoms with E-state index in [0.717, 1.165) is 16.0 Å². The fourth-order valence-electron chi connectivity index (χ4n) is 4.41. The number of hydrogen-bond acceptors (Lipinski definition) is 7. The Morgan fingerprint density at radius 1 is 1.15 bits per heavy atom. The lowest BCUT2D eigenvalue weighted by Crippen LogP contribution is -2.55. The van der Waals surface area contributed by atoms with Crippen LogP contribution in [0.15, 0.2) is 29.2 Å². The Kier molecular flexibility index (Phi) is 7.07. The molecule has 1 amide bonds. The molecule has 0 aliphatic carbocycles. The Labute approximate surface area is 199 Å². The molecule has 0 unspecified atom stereocenters. The van der Waals surface area contributed by atoms with Crippen LogP contribution in [0.5, 0.6) is 0 Å². The summed E-state index contributed by atoms with van der Waals surface area (Å²) in [4.78, 5) is 26.5. The molecule has 33 heavy (non-hydrogen) atoms. The van der Waals surface area contributed by atoms with E-state index in [0.29, 0.717) is 17.0 Å². The molecule has 0 saturated carbocycles. The van der Waals surface area contributed by atoms with Gasteiger partial charge < -0.3 is 15.4 Å². The number of fused-ring (bicyclic) bond motifs is 1. The van der Waals surface area contributed by atoms with E-state index >= 15 is 0 Å². The number of rotatable bonds is 7. The normalized spacial score (nSPS) is 16.7. The van der Waals surface area contributed by atoms with Gasteiger partial charge in [-0.15, -0.1) is 11.3 Å². The number of amides is 1. The fourth-order valence-corrected chi connectivity index (χ4v) is 7.00. The van der Waals surface area contributed by atoms with Crippen LogP contribution in [0.2, 0.25) is 0 Å². The lowest BCUT2D eigenvalue weighted by atomic mass is 9.81. The summed E-state index contributed by atoms with van der Waals surface area (Å²) < 4.78 is 30.1. The minimum atomic E-state index is -3.46. The van der Waals surface area contributed by atoms with Crippen LogP contribution in [0.4, 0.5) is 5.00 Å². The zero-order chi connectivity index (χ0) is 24.6. The summed E-state index contributed by atoms with van der Waals surface area (Å²) in [6.45, 7) is 10.1. The number of methoxy groups -OCH3 is 1. The zero-order valence-electron chi connectivity index (χ0n) is 20.0. The number of hydrogen-bond donors (Lipinski definition) is 2. The molecule has 2 N–H and O–H groups in total. The lowest BCUT2D eigenvalue weighted by Gasteiger charge is -2.42. The molecular weight excluding hydrogens is 460 g/mol. The number of benzene rings is 1. The Morgan fingerprint density at radius 2 is 1.79 bits per heavy atom. The van der Waals surface area contributed by atoms with Crippen LogP contribution in [0, 0.1) is 6.92 Å². The largest absolute Gasteiger partial charge is 0.465 e. The molecule has 1 aliphatic rings. The number of ether oxygens (including phenoxy) is 1. The van der Waals surface area contributed by atoms with Crippen molar-refractivity contribution in [2.75, 3.05) is 18.2 Å². The summed E-state index contributed by atoms with van der Waals surface area (Å²) in [5.74, 6) is -0.944. The third kappa shape index (κ3) is 5.65. The van der Waals surface area contributed by atoms with Crippen molar-refractivity contribution in [3.05, 3.63) is 45.8 Å². The smallest absolute Gasteiger partial charge is 0.341 e. The van der Waals surface area contributed by atoms with Gasteiger partial charge in [0.1, 0.15) is 5.00 Å². The topological polar surface area (TPSA) is 102 Å². The third-order valence-corrected chi connectivity index (χ3v) is 8.97. The van der Waals surface area contributed by atoms with E-state index in [-0.39, 0.29) is 40.5 Å². The standard InChI is InChI=1S/C24H32N2O5S2/c1-15-9-11-16(12-10-15)33(29,30)13-7-8-18(27)25-21-19(22(28)31-6)17-14-23(2,3)26-24(4,5)20(17)32-21/h9-12,26H,7-8,13-14H2,1-6H3,(H,25,27). The fraction of sp³-hybridized carbons (Fsp3) is 0.500. The third-order valence-electron chi connectivity index (χ3n) is 5.68. The Bertz CT molecular complexity index is 1160. The van der Waals surface area contributed by atoms with E-state index in [9.17, 15) is 18.0 Å². The van der Waals surface area contributed by atoms with Crippen molar-refractivity contribution in [3.63, 3.8) is 0 Å². The predicted molar refractivity (Wildman–Crippen MR) is 131 cm³/mol. The van der Waals surface area contributed by atoms with E-state index < -0.39 is 15.8 Å². The molecule has 2 heterocycles. The van der Waals surface area contributed by atoms with Crippen LogP contribution in [0.3, 0.4) is 0 Å². The predicted octanol–water partition coefficient (Wildman–Crippen LogP) is 4.20. The van der Waals surface area contributed by atoms with Gasteiger partial charge >= 0.3 is 5.97 Å². The Balaban J connectivity index is 1.75. The number of anilines is 1. The average Bonchev–Trinajstić information content (AvgIpc) is 3.04. The minimum absolute atomic E-state index is 0.0292. The van der Waals surface area contributed by atoms with Gasteiger partial charge in [-0.05, 0) is 65.2 Å². The average molecular weight is 493 g/mol. The van der Waals surface area contributed by atoms with Gasteiger partial charge in [-0.25, -0.2) is 13.2 Å². The molecule has 0 spiro atoms. The first-order valence-electron chi connectivity index (χ1n) is 10.9. The number of carbonyl (C=O) groups excluding carboxylic acids is 2. The first kappa shape index (κ1) is 25.4. The highest BCUT2D eigenvalue weighted by Gasteiger charge is 2.42. The highest BCUT2D eigenvalue weighted by atomic mass is 32.2. The second-order valence-electron chi connectivity index (χ2n) is 9.70. The van der Waals surface area contributed by atoms with Crippen LogP contribution >= 0.6 is 11.3 Å². The number of esters is 1. The van der Waals surface area contributed by atoms with E-state index in [1.807, 2.05) is 20.8 Å². The number of sulfone groups is 1. The summed E-state index contributed by atoms with van der Waals surface area (Å²) in [5.41, 5.74) is 1.65. The summed E-state index contributed by atoms with van der Waals surface area (Å²) in [6.07, 6.45) is 0.833. The van der Waals surface area contributed by atoms with Crippen LogP contribution < -0.4 is 10.6 Å². The van der Waals surface area contributed by atoms with Crippen molar-refractivity contribution < 1.29 is 22.7 Å². The monoisotopic (exact) mass is 492 g/mol. The van der Waals surface area contributed by atoms with Crippen molar-refractivity contribution in [1.29, 1.82) is 0 Å². The van der Waals surface area contributed by atoms with E-state index in [2.05, 4.69) is 24.5 Å². The van der Waals surface area contributed by atoms with Gasteiger partial charge in [-0.2, -0.15) is 0 Å². The van der Waals surface area contributed by atoms with Crippen molar-refractivity contribution in [3.8, 4) is 0 Å². The van der Waals surface area contributed by atoms with Crippen LogP contribution in [0.1, 0.15) is 66.9 Å². The second kappa shape index (κ2) is 9.19. The summed E-state index contributed by atoms with van der Waals surface area (Å²) >= 11 is 1.37. The quantitative estimate of drug-likeness (QED) is 0.562. The molecule has 0 radical (unpaired) electrons. The van der Waals surface area contributed by atoms with Crippen molar-refractivity contribution >= 4 is 38.1 Å². The van der Waals surface area contributed by atoms with Gasteiger partial charge in [0.15, 0.2) is 9.84 Å². The SMILES string of the molecule is COC(=O)c1c(NC(=O)CCCS(=O)(=O)c2ccc(C)cc2)sc2c1CC(C)(C)NC2(C)C. The molecule has 1 aromatic carbocycles. The molecule has 0 saturated heterocycles. The van der Waals surface area contributed by atoms with Crippen molar-refractivity contribution in [2.45, 2.75) is 69.9 Å². The summed E-state index contributed by atoms with van der Waals surface area (Å²) in [5, 5.41) is 6.88. The van der Waals surface area contributed by atoms with E-state index in [1.165, 1.54) is 18.4 Å². The van der Waals surface area contributed by atoms with Crippen molar-refractivity contribution in [1.82, 2.24) is 5.32 Å². The first-order valence-corrected chi connectivity index (χ1v) is 13.4. The molecule has 7 nitrogen and oxygen atoms in total. The summed E-state index contributed by atoms with van der Waals surface area (Å²) in [6, 6.07) is 6.68. The minimum Gasteiger partial charge on any atom is -0.465 e. The highest BCUT2D eigenvalue weighted by Crippen LogP contribution is 2.45. The molecule has 9 heteroatoms. The Morgan fingerprint density at radius 3 is 2.39 bits per heavy atom. The maximum Gasteiger partial charge on any atom is 0.341 e. The van der Waals surface area contributed by atoms with Crippen molar-refractivity contribution in [2.24, 2.45) is 0 Å².